The standard InChI is InChI=1S/C40H47N15/c1-5-19-54-40(47-49-50-54)38(44-16-9-21-53-24-18-42-28-53)36-14-13-33-32(10-6-12-35(33)45-36)11-7-22-55-39(46-48-51-55)37(34-26-30(3)29(2)25-31(34)4)43-15-8-20-52-23-17-41-27-52/h5-7,10-14,17-18,23-28,37-38,43-44H,1,8-9,15-16,19-22H2,2-4H3/b11-7+. The van der Waals surface area contributed by atoms with Gasteiger partial charge >= 0.3 is 0 Å². The van der Waals surface area contributed by atoms with Crippen molar-refractivity contribution in [3.8, 4) is 0 Å². The van der Waals surface area contributed by atoms with Gasteiger partial charge in [-0.1, -0.05) is 48.6 Å². The van der Waals surface area contributed by atoms with Gasteiger partial charge < -0.3 is 19.8 Å². The van der Waals surface area contributed by atoms with Gasteiger partial charge in [0.2, 0.25) is 0 Å². The molecule has 55 heavy (non-hydrogen) atoms. The van der Waals surface area contributed by atoms with Crippen molar-refractivity contribution in [2.75, 3.05) is 13.1 Å². The largest absolute Gasteiger partial charge is 0.337 e. The lowest BCUT2D eigenvalue weighted by atomic mass is 9.95. The molecule has 7 aromatic rings. The lowest BCUT2D eigenvalue weighted by molar-refractivity contribution is 0.498. The first-order valence-corrected chi connectivity index (χ1v) is 18.6. The molecule has 2 N–H and O–H groups in total. The number of tetrazole rings is 2. The van der Waals surface area contributed by atoms with E-state index >= 15 is 0 Å². The van der Waals surface area contributed by atoms with Crippen molar-refractivity contribution in [2.24, 2.45) is 0 Å². The third-order valence-corrected chi connectivity index (χ3v) is 9.79. The molecule has 0 aliphatic heterocycles. The minimum absolute atomic E-state index is 0.175. The number of imidazole rings is 2. The van der Waals surface area contributed by atoms with Crippen molar-refractivity contribution in [3.05, 3.63) is 144 Å². The molecular formula is C40H47N15. The highest BCUT2D eigenvalue weighted by molar-refractivity contribution is 5.88. The zero-order chi connectivity index (χ0) is 38.0. The second-order valence-electron chi connectivity index (χ2n) is 13.7. The summed E-state index contributed by atoms with van der Waals surface area (Å²) in [4.78, 5) is 13.4. The number of aromatic nitrogens is 13. The van der Waals surface area contributed by atoms with Crippen LogP contribution in [0, 0.1) is 20.8 Å². The van der Waals surface area contributed by atoms with Crippen LogP contribution >= 0.6 is 0 Å². The first-order valence-electron chi connectivity index (χ1n) is 18.6. The topological polar surface area (TPSA) is 160 Å². The summed E-state index contributed by atoms with van der Waals surface area (Å²) in [6.07, 6.45) is 19.1. The molecule has 15 heteroatoms. The summed E-state index contributed by atoms with van der Waals surface area (Å²) < 4.78 is 7.78. The van der Waals surface area contributed by atoms with E-state index in [0.29, 0.717) is 18.9 Å². The molecule has 0 aliphatic rings. The number of pyridine rings is 1. The third kappa shape index (κ3) is 8.96. The summed E-state index contributed by atoms with van der Waals surface area (Å²) in [7, 11) is 0. The van der Waals surface area contributed by atoms with Crippen LogP contribution in [0.25, 0.3) is 17.0 Å². The minimum Gasteiger partial charge on any atom is -0.337 e. The fourth-order valence-electron chi connectivity index (χ4n) is 6.82. The number of allylic oxidation sites excluding steroid dienone is 2. The molecule has 7 rings (SSSR count). The van der Waals surface area contributed by atoms with Crippen molar-refractivity contribution in [2.45, 2.75) is 71.9 Å². The van der Waals surface area contributed by atoms with E-state index in [-0.39, 0.29) is 12.1 Å². The fraction of sp³-hybridized carbons (Fsp3) is 0.325. The number of benzene rings is 2. The third-order valence-electron chi connectivity index (χ3n) is 9.79. The van der Waals surface area contributed by atoms with Crippen LogP contribution in [0.4, 0.5) is 0 Å². The average Bonchev–Trinajstić information content (AvgIpc) is 4.04. The van der Waals surface area contributed by atoms with Gasteiger partial charge in [-0.2, -0.15) is 0 Å². The van der Waals surface area contributed by atoms with Crippen LogP contribution in [0.1, 0.15) is 70.1 Å². The van der Waals surface area contributed by atoms with Crippen LogP contribution in [0.3, 0.4) is 0 Å². The normalized spacial score (nSPS) is 12.9. The van der Waals surface area contributed by atoms with Crippen LogP contribution in [-0.4, -0.2) is 77.6 Å². The molecule has 0 saturated heterocycles. The highest BCUT2D eigenvalue weighted by Gasteiger charge is 2.24. The van der Waals surface area contributed by atoms with E-state index in [1.807, 2.05) is 48.1 Å². The maximum Gasteiger partial charge on any atom is 0.174 e. The molecule has 5 aromatic heterocycles. The molecule has 2 unspecified atom stereocenters. The molecule has 0 spiro atoms. The molecule has 0 aliphatic carbocycles. The smallest absolute Gasteiger partial charge is 0.174 e. The number of aryl methyl sites for hydroxylation is 5. The Balaban J connectivity index is 1.10. The molecule has 0 bridgehead atoms. The van der Waals surface area contributed by atoms with E-state index < -0.39 is 0 Å². The zero-order valence-electron chi connectivity index (χ0n) is 31.6. The summed E-state index contributed by atoms with van der Waals surface area (Å²) in [5.41, 5.74) is 7.63. The van der Waals surface area contributed by atoms with E-state index in [9.17, 15) is 0 Å². The van der Waals surface area contributed by atoms with E-state index in [2.05, 4.69) is 131 Å². The molecule has 282 valence electrons. The molecule has 0 radical (unpaired) electrons. The first kappa shape index (κ1) is 37.1. The van der Waals surface area contributed by atoms with Crippen LogP contribution in [-0.2, 0) is 26.2 Å². The Morgan fingerprint density at radius 1 is 0.745 bits per heavy atom. The summed E-state index contributed by atoms with van der Waals surface area (Å²) in [6.45, 7) is 14.6. The molecule has 0 amide bonds. The van der Waals surface area contributed by atoms with Gasteiger partial charge in [0.25, 0.3) is 0 Å². The first-order chi connectivity index (χ1) is 27.0. The number of hydrogen-bond donors (Lipinski definition) is 2. The van der Waals surface area contributed by atoms with Crippen molar-refractivity contribution in [1.29, 1.82) is 0 Å². The van der Waals surface area contributed by atoms with Crippen LogP contribution in [0.5, 0.6) is 0 Å². The predicted octanol–water partition coefficient (Wildman–Crippen LogP) is 4.96. The summed E-state index contributed by atoms with van der Waals surface area (Å²) >= 11 is 0. The summed E-state index contributed by atoms with van der Waals surface area (Å²) in [6, 6.07) is 14.3. The highest BCUT2D eigenvalue weighted by Crippen LogP contribution is 2.27. The Kier molecular flexibility index (Phi) is 12.0. The predicted molar refractivity (Wildman–Crippen MR) is 211 cm³/mol. The maximum atomic E-state index is 5.13. The molecule has 5 heterocycles. The molecule has 2 atom stereocenters. The maximum absolute atomic E-state index is 5.13. The van der Waals surface area contributed by atoms with Gasteiger partial charge in [-0.05, 0) is 108 Å². The van der Waals surface area contributed by atoms with Gasteiger partial charge in [0.15, 0.2) is 11.6 Å². The van der Waals surface area contributed by atoms with E-state index in [1.54, 1.807) is 17.0 Å². The van der Waals surface area contributed by atoms with E-state index in [4.69, 9.17) is 4.98 Å². The number of nitrogens with one attached hydrogen (secondary N) is 2. The number of fused-ring (bicyclic) bond motifs is 1. The average molecular weight is 738 g/mol. The number of hydrogen-bond acceptors (Lipinski definition) is 11. The lowest BCUT2D eigenvalue weighted by Gasteiger charge is -2.21. The highest BCUT2D eigenvalue weighted by atomic mass is 15.6. The van der Waals surface area contributed by atoms with Crippen molar-refractivity contribution in [3.63, 3.8) is 0 Å². The van der Waals surface area contributed by atoms with Crippen molar-refractivity contribution < 1.29 is 0 Å². The molecular weight excluding hydrogens is 691 g/mol. The second kappa shape index (κ2) is 17.8. The van der Waals surface area contributed by atoms with Gasteiger partial charge in [0, 0.05) is 43.3 Å². The molecule has 0 saturated carbocycles. The van der Waals surface area contributed by atoms with Gasteiger partial charge in [-0.25, -0.2) is 19.3 Å². The van der Waals surface area contributed by atoms with Crippen LogP contribution in [0.2, 0.25) is 0 Å². The lowest BCUT2D eigenvalue weighted by Crippen LogP contribution is -2.28. The summed E-state index contributed by atoms with van der Waals surface area (Å²) in [5, 5.41) is 34.1. The van der Waals surface area contributed by atoms with Crippen LogP contribution < -0.4 is 10.6 Å². The SMILES string of the molecule is C=CCn1nnnc1C(NCCCn1ccnc1)c1ccc2c(/C=C/Cn3nnnc3C(NCCCn3ccnc3)c3cc(C)c(C)cc3C)cccc2n1. The Morgan fingerprint density at radius 2 is 1.40 bits per heavy atom. The number of nitrogens with zero attached hydrogens (tertiary/aromatic N) is 13. The van der Waals surface area contributed by atoms with Gasteiger partial charge in [0.05, 0.1) is 43.0 Å². The second-order valence-corrected chi connectivity index (χ2v) is 13.7. The number of rotatable bonds is 19. The minimum atomic E-state index is -0.312. The Hall–Kier alpha value is -6.19. The molecule has 2 aromatic carbocycles. The van der Waals surface area contributed by atoms with Crippen molar-refractivity contribution in [1.82, 2.24) is 75.1 Å². The van der Waals surface area contributed by atoms with Crippen molar-refractivity contribution >= 4 is 17.0 Å². The van der Waals surface area contributed by atoms with E-state index in [1.165, 1.54) is 22.3 Å². The fourth-order valence-corrected chi connectivity index (χ4v) is 6.82. The monoisotopic (exact) mass is 737 g/mol. The van der Waals surface area contributed by atoms with Crippen LogP contribution in [0.15, 0.2) is 98.6 Å². The quantitative estimate of drug-likeness (QED) is 0.0853. The van der Waals surface area contributed by atoms with Gasteiger partial charge in [0.1, 0.15) is 6.04 Å². The molecule has 15 nitrogen and oxygen atoms in total. The Bertz CT molecular complexity index is 2320. The molecule has 0 fully saturated rings. The summed E-state index contributed by atoms with van der Waals surface area (Å²) in [5.74, 6) is 1.45. The van der Waals surface area contributed by atoms with Gasteiger partial charge in [-0.3, -0.25) is 4.98 Å². The van der Waals surface area contributed by atoms with Gasteiger partial charge in [-0.15, -0.1) is 16.8 Å². The Morgan fingerprint density at radius 3 is 2.07 bits per heavy atom. The van der Waals surface area contributed by atoms with E-state index in [0.717, 1.165) is 67.0 Å². The Labute approximate surface area is 320 Å². The zero-order valence-corrected chi connectivity index (χ0v) is 31.6.